The van der Waals surface area contributed by atoms with Gasteiger partial charge in [-0.25, -0.2) is 0 Å². The second-order valence-corrected chi connectivity index (χ2v) is 3.20. The smallest absolute Gasteiger partial charge is 0.236 e. The number of nitrogens with two attached hydrogens (primary N) is 1. The lowest BCUT2D eigenvalue weighted by Crippen LogP contribution is -2.33. The number of likely N-dealkylation sites (N-methyl/N-ethyl adjacent to an activating group) is 1. The van der Waals surface area contributed by atoms with Gasteiger partial charge in [0, 0.05) is 13.6 Å². The van der Waals surface area contributed by atoms with E-state index in [0.717, 1.165) is 13.0 Å². The zero-order valence-electron chi connectivity index (χ0n) is 7.63. The molecule has 0 aliphatic heterocycles. The molecule has 0 unspecified atom stereocenters. The van der Waals surface area contributed by atoms with Gasteiger partial charge in [0.2, 0.25) is 5.91 Å². The molecule has 0 aromatic carbocycles. The Morgan fingerprint density at radius 3 is 2.45 bits per heavy atom. The second kappa shape index (κ2) is 5.13. The van der Waals surface area contributed by atoms with Crippen LogP contribution >= 0.6 is 0 Å². The second-order valence-electron chi connectivity index (χ2n) is 3.20. The third kappa shape index (κ3) is 4.79. The van der Waals surface area contributed by atoms with E-state index in [1.54, 1.807) is 11.9 Å². The summed E-state index contributed by atoms with van der Waals surface area (Å²) in [5.41, 5.74) is 5.19. The lowest BCUT2D eigenvalue weighted by molar-refractivity contribution is -0.128. The number of hydrogen-bond acceptors (Lipinski definition) is 2. The molecule has 0 heterocycles. The summed E-state index contributed by atoms with van der Waals surface area (Å²) in [6.45, 7) is 5.21. The number of amides is 1. The molecule has 0 spiro atoms. The molecule has 2 N–H and O–H groups in total. The summed E-state index contributed by atoms with van der Waals surface area (Å²) < 4.78 is 0. The van der Waals surface area contributed by atoms with Crippen LogP contribution in [0.2, 0.25) is 0 Å². The highest BCUT2D eigenvalue weighted by molar-refractivity contribution is 5.77. The topological polar surface area (TPSA) is 46.3 Å². The van der Waals surface area contributed by atoms with Crippen molar-refractivity contribution in [1.29, 1.82) is 0 Å². The van der Waals surface area contributed by atoms with Crippen LogP contribution in [-0.4, -0.2) is 30.9 Å². The van der Waals surface area contributed by atoms with Crippen molar-refractivity contribution in [2.75, 3.05) is 20.1 Å². The van der Waals surface area contributed by atoms with Gasteiger partial charge in [0.1, 0.15) is 0 Å². The first-order valence-corrected chi connectivity index (χ1v) is 4.02. The van der Waals surface area contributed by atoms with E-state index in [4.69, 9.17) is 5.73 Å². The SMILES string of the molecule is CC(C)CCN(C)C(=O)CN. The Morgan fingerprint density at radius 2 is 2.09 bits per heavy atom. The van der Waals surface area contributed by atoms with Crippen LogP contribution in [0.4, 0.5) is 0 Å². The third-order valence-corrected chi connectivity index (χ3v) is 1.64. The molecule has 66 valence electrons. The zero-order valence-corrected chi connectivity index (χ0v) is 7.63. The van der Waals surface area contributed by atoms with Crippen LogP contribution in [0.25, 0.3) is 0 Å². The highest BCUT2D eigenvalue weighted by Crippen LogP contribution is 1.99. The Balaban J connectivity index is 3.52. The third-order valence-electron chi connectivity index (χ3n) is 1.64. The van der Waals surface area contributed by atoms with E-state index in [1.165, 1.54) is 0 Å². The Labute approximate surface area is 68.6 Å². The molecule has 0 atom stereocenters. The molecule has 3 nitrogen and oxygen atoms in total. The van der Waals surface area contributed by atoms with Crippen LogP contribution in [0.1, 0.15) is 20.3 Å². The summed E-state index contributed by atoms with van der Waals surface area (Å²) in [4.78, 5) is 12.6. The summed E-state index contributed by atoms with van der Waals surface area (Å²) in [5.74, 6) is 0.661. The summed E-state index contributed by atoms with van der Waals surface area (Å²) in [5, 5.41) is 0. The average molecular weight is 158 g/mol. The van der Waals surface area contributed by atoms with Gasteiger partial charge in [0.25, 0.3) is 0 Å². The zero-order chi connectivity index (χ0) is 8.85. The lowest BCUT2D eigenvalue weighted by atomic mass is 10.1. The molecule has 0 bridgehead atoms. The van der Waals surface area contributed by atoms with Crippen LogP contribution < -0.4 is 5.73 Å². The summed E-state index contributed by atoms with van der Waals surface area (Å²) >= 11 is 0. The van der Waals surface area contributed by atoms with Crippen molar-refractivity contribution in [3.05, 3.63) is 0 Å². The minimum absolute atomic E-state index is 0.0191. The molecular weight excluding hydrogens is 140 g/mol. The van der Waals surface area contributed by atoms with Gasteiger partial charge in [-0.1, -0.05) is 13.8 Å². The minimum atomic E-state index is 0.0191. The molecule has 0 aromatic heterocycles. The van der Waals surface area contributed by atoms with Crippen LogP contribution in [-0.2, 0) is 4.79 Å². The fourth-order valence-electron chi connectivity index (χ4n) is 0.732. The van der Waals surface area contributed by atoms with Gasteiger partial charge >= 0.3 is 0 Å². The molecule has 1 amide bonds. The predicted octanol–water partition coefficient (Wildman–Crippen LogP) is 0.450. The van der Waals surface area contributed by atoms with Gasteiger partial charge in [-0.05, 0) is 12.3 Å². The van der Waals surface area contributed by atoms with Crippen LogP contribution in [0.3, 0.4) is 0 Å². The van der Waals surface area contributed by atoms with Crippen LogP contribution in [0.5, 0.6) is 0 Å². The van der Waals surface area contributed by atoms with E-state index < -0.39 is 0 Å². The van der Waals surface area contributed by atoms with E-state index >= 15 is 0 Å². The van der Waals surface area contributed by atoms with Crippen molar-refractivity contribution in [3.8, 4) is 0 Å². The van der Waals surface area contributed by atoms with Gasteiger partial charge in [0.15, 0.2) is 0 Å². The standard InChI is InChI=1S/C8H18N2O/c1-7(2)4-5-10(3)8(11)6-9/h7H,4-6,9H2,1-3H3. The fraction of sp³-hybridized carbons (Fsp3) is 0.875. The van der Waals surface area contributed by atoms with Gasteiger partial charge in [-0.2, -0.15) is 0 Å². The molecule has 0 aliphatic carbocycles. The van der Waals surface area contributed by atoms with Gasteiger partial charge in [-0.3, -0.25) is 4.79 Å². The first-order valence-electron chi connectivity index (χ1n) is 4.02. The van der Waals surface area contributed by atoms with Gasteiger partial charge in [-0.15, -0.1) is 0 Å². The van der Waals surface area contributed by atoms with Crippen molar-refractivity contribution >= 4 is 5.91 Å². The van der Waals surface area contributed by atoms with Crippen molar-refractivity contribution in [2.24, 2.45) is 11.7 Å². The van der Waals surface area contributed by atoms with Crippen molar-refractivity contribution in [2.45, 2.75) is 20.3 Å². The predicted molar refractivity (Wildman–Crippen MR) is 46.1 cm³/mol. The minimum Gasteiger partial charge on any atom is -0.345 e. The largest absolute Gasteiger partial charge is 0.345 e. The molecule has 3 heteroatoms. The van der Waals surface area contributed by atoms with E-state index in [9.17, 15) is 4.79 Å². The van der Waals surface area contributed by atoms with Crippen molar-refractivity contribution in [3.63, 3.8) is 0 Å². The summed E-state index contributed by atoms with van der Waals surface area (Å²) in [7, 11) is 1.79. The lowest BCUT2D eigenvalue weighted by Gasteiger charge is -2.16. The Kier molecular flexibility index (Phi) is 4.86. The Bertz CT molecular complexity index is 123. The average Bonchev–Trinajstić information content (AvgIpc) is 1.98. The highest BCUT2D eigenvalue weighted by Gasteiger charge is 2.05. The molecule has 0 saturated heterocycles. The molecule has 0 saturated carbocycles. The monoisotopic (exact) mass is 158 g/mol. The van der Waals surface area contributed by atoms with E-state index in [-0.39, 0.29) is 12.5 Å². The maximum Gasteiger partial charge on any atom is 0.236 e. The maximum absolute atomic E-state index is 10.9. The molecule has 0 radical (unpaired) electrons. The molecule has 0 fully saturated rings. The number of hydrogen-bond donors (Lipinski definition) is 1. The first-order chi connectivity index (χ1) is 5.07. The van der Waals surface area contributed by atoms with Gasteiger partial charge < -0.3 is 10.6 Å². The Morgan fingerprint density at radius 1 is 1.55 bits per heavy atom. The van der Waals surface area contributed by atoms with Crippen LogP contribution in [0, 0.1) is 5.92 Å². The quantitative estimate of drug-likeness (QED) is 0.645. The van der Waals surface area contributed by atoms with Crippen molar-refractivity contribution in [1.82, 2.24) is 4.90 Å². The molecule has 0 aromatic rings. The summed E-state index contributed by atoms with van der Waals surface area (Å²) in [6.07, 6.45) is 1.04. The molecule has 0 aliphatic rings. The number of carbonyl (C=O) groups excluding carboxylic acids is 1. The molecule has 11 heavy (non-hydrogen) atoms. The first kappa shape index (κ1) is 10.4. The molecular formula is C8H18N2O. The molecule has 0 rings (SSSR count). The van der Waals surface area contributed by atoms with Crippen molar-refractivity contribution < 1.29 is 4.79 Å². The fourth-order valence-corrected chi connectivity index (χ4v) is 0.732. The number of carbonyl (C=O) groups is 1. The van der Waals surface area contributed by atoms with Gasteiger partial charge in [0.05, 0.1) is 6.54 Å². The summed E-state index contributed by atoms with van der Waals surface area (Å²) in [6, 6.07) is 0. The van der Waals surface area contributed by atoms with E-state index in [1.807, 2.05) is 0 Å². The Hall–Kier alpha value is -0.570. The van der Waals surface area contributed by atoms with E-state index in [0.29, 0.717) is 5.92 Å². The van der Waals surface area contributed by atoms with Crippen LogP contribution in [0.15, 0.2) is 0 Å². The normalized spacial score (nSPS) is 10.3. The number of rotatable bonds is 4. The highest BCUT2D eigenvalue weighted by atomic mass is 16.2. The maximum atomic E-state index is 10.9. The van der Waals surface area contributed by atoms with E-state index in [2.05, 4.69) is 13.8 Å². The number of nitrogens with zero attached hydrogens (tertiary/aromatic N) is 1.